The molecule has 2 heterocycles. The molecular formula is C15H9FN2. The molecule has 0 aliphatic heterocycles. The predicted octanol–water partition coefficient (Wildman–Crippen LogP) is 4.01. The second-order valence-corrected chi connectivity index (χ2v) is 4.36. The number of aromatic amines is 1. The minimum absolute atomic E-state index is 0.236. The number of H-pyrrole nitrogens is 1. The Kier molecular flexibility index (Phi) is 1.75. The zero-order chi connectivity index (χ0) is 12.1. The van der Waals surface area contributed by atoms with Gasteiger partial charge in [0, 0.05) is 16.3 Å². The highest BCUT2D eigenvalue weighted by Crippen LogP contribution is 2.27. The molecule has 0 amide bonds. The number of fused-ring (bicyclic) bond motifs is 4. The maximum atomic E-state index is 13.7. The molecule has 0 saturated heterocycles. The summed E-state index contributed by atoms with van der Waals surface area (Å²) >= 11 is 0. The summed E-state index contributed by atoms with van der Waals surface area (Å²) in [7, 11) is 0. The quantitative estimate of drug-likeness (QED) is 0.491. The van der Waals surface area contributed by atoms with E-state index in [2.05, 4.69) is 9.97 Å². The Bertz CT molecular complexity index is 893. The van der Waals surface area contributed by atoms with Crippen LogP contribution in [-0.4, -0.2) is 9.97 Å². The van der Waals surface area contributed by atoms with Crippen LogP contribution in [0.25, 0.3) is 32.8 Å². The zero-order valence-electron chi connectivity index (χ0n) is 9.44. The second kappa shape index (κ2) is 3.29. The van der Waals surface area contributed by atoms with Crippen LogP contribution in [0.4, 0.5) is 4.39 Å². The first-order chi connectivity index (χ1) is 8.83. The third kappa shape index (κ3) is 1.19. The molecule has 3 heteroatoms. The molecule has 2 aromatic heterocycles. The number of para-hydroxylation sites is 1. The number of nitrogens with one attached hydrogen (secondary N) is 1. The van der Waals surface area contributed by atoms with E-state index in [0.29, 0.717) is 10.9 Å². The first-order valence-corrected chi connectivity index (χ1v) is 5.78. The van der Waals surface area contributed by atoms with E-state index in [-0.39, 0.29) is 5.82 Å². The standard InChI is InChI=1S/C15H9FN2/c16-11-5-3-7-13-10(11)8-14-15(18-13)9-4-1-2-6-12(9)17-14/h1-8,17H. The van der Waals surface area contributed by atoms with Gasteiger partial charge in [0.25, 0.3) is 0 Å². The van der Waals surface area contributed by atoms with Crippen molar-refractivity contribution in [2.24, 2.45) is 0 Å². The van der Waals surface area contributed by atoms with Crippen LogP contribution in [0, 0.1) is 5.82 Å². The number of nitrogens with zero attached hydrogens (tertiary/aromatic N) is 1. The molecular weight excluding hydrogens is 227 g/mol. The fourth-order valence-electron chi connectivity index (χ4n) is 2.40. The Morgan fingerprint density at radius 1 is 0.889 bits per heavy atom. The molecule has 2 nitrogen and oxygen atoms in total. The molecule has 1 N–H and O–H groups in total. The van der Waals surface area contributed by atoms with E-state index in [1.807, 2.05) is 36.4 Å². The number of pyridine rings is 1. The highest BCUT2D eigenvalue weighted by molar-refractivity contribution is 6.08. The van der Waals surface area contributed by atoms with Crippen molar-refractivity contribution in [1.82, 2.24) is 9.97 Å². The summed E-state index contributed by atoms with van der Waals surface area (Å²) in [5, 5.41) is 1.62. The summed E-state index contributed by atoms with van der Waals surface area (Å²) in [6.45, 7) is 0. The number of benzene rings is 2. The Morgan fingerprint density at radius 3 is 2.72 bits per heavy atom. The Labute approximate surface area is 102 Å². The minimum Gasteiger partial charge on any atom is -0.353 e. The van der Waals surface area contributed by atoms with Crippen molar-refractivity contribution in [1.29, 1.82) is 0 Å². The molecule has 0 fully saturated rings. The second-order valence-electron chi connectivity index (χ2n) is 4.36. The molecule has 0 aliphatic carbocycles. The summed E-state index contributed by atoms with van der Waals surface area (Å²) in [6, 6.07) is 14.8. The highest BCUT2D eigenvalue weighted by atomic mass is 19.1. The van der Waals surface area contributed by atoms with Crippen molar-refractivity contribution in [3.63, 3.8) is 0 Å². The summed E-state index contributed by atoms with van der Waals surface area (Å²) in [4.78, 5) is 7.82. The molecule has 4 aromatic rings. The lowest BCUT2D eigenvalue weighted by Gasteiger charge is -1.99. The van der Waals surface area contributed by atoms with Crippen molar-refractivity contribution >= 4 is 32.8 Å². The van der Waals surface area contributed by atoms with Gasteiger partial charge in [-0.25, -0.2) is 9.37 Å². The summed E-state index contributed by atoms with van der Waals surface area (Å²) < 4.78 is 13.7. The summed E-state index contributed by atoms with van der Waals surface area (Å²) in [5.41, 5.74) is 3.47. The van der Waals surface area contributed by atoms with Crippen LogP contribution in [0.15, 0.2) is 48.5 Å². The van der Waals surface area contributed by atoms with Gasteiger partial charge in [0.05, 0.1) is 16.6 Å². The largest absolute Gasteiger partial charge is 0.353 e. The van der Waals surface area contributed by atoms with Gasteiger partial charge in [-0.05, 0) is 24.3 Å². The van der Waals surface area contributed by atoms with Crippen LogP contribution in [0.3, 0.4) is 0 Å². The average molecular weight is 236 g/mol. The van der Waals surface area contributed by atoms with Gasteiger partial charge < -0.3 is 4.98 Å². The number of halogens is 1. The zero-order valence-corrected chi connectivity index (χ0v) is 9.44. The van der Waals surface area contributed by atoms with E-state index < -0.39 is 0 Å². The molecule has 0 bridgehead atoms. The lowest BCUT2D eigenvalue weighted by molar-refractivity contribution is 0.640. The fourth-order valence-corrected chi connectivity index (χ4v) is 2.40. The fraction of sp³-hybridized carbons (Fsp3) is 0. The Morgan fingerprint density at radius 2 is 1.78 bits per heavy atom. The van der Waals surface area contributed by atoms with Crippen molar-refractivity contribution in [2.75, 3.05) is 0 Å². The van der Waals surface area contributed by atoms with E-state index in [0.717, 1.165) is 21.9 Å². The van der Waals surface area contributed by atoms with Gasteiger partial charge in [0.1, 0.15) is 5.82 Å². The topological polar surface area (TPSA) is 28.7 Å². The van der Waals surface area contributed by atoms with Gasteiger partial charge in [0.15, 0.2) is 0 Å². The molecule has 86 valence electrons. The van der Waals surface area contributed by atoms with Gasteiger partial charge in [-0.3, -0.25) is 0 Å². The van der Waals surface area contributed by atoms with Crippen molar-refractivity contribution in [2.45, 2.75) is 0 Å². The molecule has 0 radical (unpaired) electrons. The summed E-state index contributed by atoms with van der Waals surface area (Å²) in [5.74, 6) is -0.236. The van der Waals surface area contributed by atoms with Crippen LogP contribution < -0.4 is 0 Å². The maximum absolute atomic E-state index is 13.7. The molecule has 0 aliphatic rings. The first kappa shape index (κ1) is 9.59. The third-order valence-electron chi connectivity index (χ3n) is 3.26. The van der Waals surface area contributed by atoms with E-state index in [1.165, 1.54) is 6.07 Å². The molecule has 0 atom stereocenters. The smallest absolute Gasteiger partial charge is 0.132 e. The van der Waals surface area contributed by atoms with E-state index in [4.69, 9.17) is 0 Å². The molecule has 2 aromatic carbocycles. The van der Waals surface area contributed by atoms with Crippen molar-refractivity contribution in [3.05, 3.63) is 54.3 Å². The normalized spacial score (nSPS) is 11.6. The van der Waals surface area contributed by atoms with Crippen LogP contribution >= 0.6 is 0 Å². The number of aromatic nitrogens is 2. The van der Waals surface area contributed by atoms with Crippen molar-refractivity contribution in [3.8, 4) is 0 Å². The lowest BCUT2D eigenvalue weighted by atomic mass is 10.1. The van der Waals surface area contributed by atoms with E-state index >= 15 is 0 Å². The average Bonchev–Trinajstić information content (AvgIpc) is 2.75. The van der Waals surface area contributed by atoms with E-state index in [9.17, 15) is 4.39 Å². The highest BCUT2D eigenvalue weighted by Gasteiger charge is 2.08. The predicted molar refractivity (Wildman–Crippen MR) is 71.1 cm³/mol. The monoisotopic (exact) mass is 236 g/mol. The maximum Gasteiger partial charge on any atom is 0.132 e. The van der Waals surface area contributed by atoms with Crippen LogP contribution in [-0.2, 0) is 0 Å². The molecule has 18 heavy (non-hydrogen) atoms. The third-order valence-corrected chi connectivity index (χ3v) is 3.26. The van der Waals surface area contributed by atoms with E-state index in [1.54, 1.807) is 6.07 Å². The Balaban J connectivity index is 2.27. The first-order valence-electron chi connectivity index (χ1n) is 5.78. The van der Waals surface area contributed by atoms with Gasteiger partial charge in [0.2, 0.25) is 0 Å². The van der Waals surface area contributed by atoms with Gasteiger partial charge in [-0.2, -0.15) is 0 Å². The van der Waals surface area contributed by atoms with Crippen LogP contribution in [0.5, 0.6) is 0 Å². The lowest BCUT2D eigenvalue weighted by Crippen LogP contribution is -1.83. The molecule has 4 rings (SSSR count). The van der Waals surface area contributed by atoms with Crippen LogP contribution in [0.2, 0.25) is 0 Å². The Hall–Kier alpha value is -2.42. The van der Waals surface area contributed by atoms with Gasteiger partial charge in [-0.15, -0.1) is 0 Å². The number of hydrogen-bond acceptors (Lipinski definition) is 1. The van der Waals surface area contributed by atoms with Crippen molar-refractivity contribution < 1.29 is 4.39 Å². The number of rotatable bonds is 0. The SMILES string of the molecule is Fc1cccc2nc3c(cc12)[nH]c1ccccc13. The van der Waals surface area contributed by atoms with Crippen LogP contribution in [0.1, 0.15) is 0 Å². The molecule has 0 unspecified atom stereocenters. The minimum atomic E-state index is -0.236. The summed E-state index contributed by atoms with van der Waals surface area (Å²) in [6.07, 6.45) is 0. The molecule has 0 spiro atoms. The molecule has 0 saturated carbocycles. The number of hydrogen-bond donors (Lipinski definition) is 1. The van der Waals surface area contributed by atoms with Gasteiger partial charge in [-0.1, -0.05) is 24.3 Å². The van der Waals surface area contributed by atoms with Gasteiger partial charge >= 0.3 is 0 Å².